The van der Waals surface area contributed by atoms with Crippen molar-refractivity contribution in [2.75, 3.05) is 49.7 Å². The van der Waals surface area contributed by atoms with Gasteiger partial charge in [-0.2, -0.15) is 11.8 Å². The molecule has 3 N–H and O–H groups in total. The molecule has 6 heteroatoms. The molecule has 0 spiro atoms. The number of nitrogens with one attached hydrogen (secondary N) is 2. The van der Waals surface area contributed by atoms with Crippen LogP contribution in [0.5, 0.6) is 0 Å². The number of aliphatic hydroxyl groups excluding tert-OH is 1. The van der Waals surface area contributed by atoms with Crippen LogP contribution in [0.3, 0.4) is 0 Å². The van der Waals surface area contributed by atoms with Crippen LogP contribution in [-0.4, -0.2) is 55.9 Å². The number of aliphatic hydroxyl groups is 1. The van der Waals surface area contributed by atoms with Crippen LogP contribution in [0.15, 0.2) is 29.3 Å². The van der Waals surface area contributed by atoms with Gasteiger partial charge < -0.3 is 20.6 Å². The molecule has 2 rings (SSSR count). The molecule has 0 unspecified atom stereocenters. The Morgan fingerprint density at radius 3 is 2.56 bits per heavy atom. The summed E-state index contributed by atoms with van der Waals surface area (Å²) in [6, 6.07) is 8.72. The molecule has 0 radical (unpaired) electrons. The van der Waals surface area contributed by atoms with Gasteiger partial charge in [-0.05, 0) is 49.6 Å². The van der Waals surface area contributed by atoms with Gasteiger partial charge in [0.2, 0.25) is 0 Å². The maximum absolute atomic E-state index is 9.25. The first kappa shape index (κ1) is 19.9. The van der Waals surface area contributed by atoms with Crippen LogP contribution < -0.4 is 15.5 Å². The van der Waals surface area contributed by atoms with Crippen LogP contribution >= 0.6 is 11.8 Å². The van der Waals surface area contributed by atoms with Crippen molar-refractivity contribution >= 4 is 23.4 Å². The second-order valence-corrected chi connectivity index (χ2v) is 7.38. The van der Waals surface area contributed by atoms with E-state index in [-0.39, 0.29) is 0 Å². The molecular formula is C19H32N4OS. The van der Waals surface area contributed by atoms with Gasteiger partial charge in [0.15, 0.2) is 5.96 Å². The summed E-state index contributed by atoms with van der Waals surface area (Å²) in [4.78, 5) is 7.07. The molecule has 0 bridgehead atoms. The Hall–Kier alpha value is -1.40. The maximum atomic E-state index is 9.25. The Bertz CT molecular complexity index is 513. The third kappa shape index (κ3) is 6.78. The molecule has 1 aliphatic heterocycles. The van der Waals surface area contributed by atoms with Gasteiger partial charge >= 0.3 is 0 Å². The van der Waals surface area contributed by atoms with Crippen LogP contribution in [0.1, 0.15) is 25.3 Å². The summed E-state index contributed by atoms with van der Waals surface area (Å²) in [6.45, 7) is 6.95. The number of hydrogen-bond donors (Lipinski definition) is 3. The lowest BCUT2D eigenvalue weighted by molar-refractivity contribution is 0.203. The van der Waals surface area contributed by atoms with Crippen LogP contribution in [-0.2, 0) is 6.54 Å². The van der Waals surface area contributed by atoms with Crippen molar-refractivity contribution < 1.29 is 5.11 Å². The van der Waals surface area contributed by atoms with Gasteiger partial charge in [0.1, 0.15) is 0 Å². The second-order valence-electron chi connectivity index (χ2n) is 6.39. The first-order valence-corrected chi connectivity index (χ1v) is 10.6. The second kappa shape index (κ2) is 11.3. The van der Waals surface area contributed by atoms with E-state index in [2.05, 4.69) is 58.0 Å². The summed E-state index contributed by atoms with van der Waals surface area (Å²) < 4.78 is 0. The van der Waals surface area contributed by atoms with Crippen molar-refractivity contribution in [3.63, 3.8) is 0 Å². The predicted octanol–water partition coefficient (Wildman–Crippen LogP) is 2.31. The summed E-state index contributed by atoms with van der Waals surface area (Å²) in [5.74, 6) is 2.44. The number of thioether (sulfide) groups is 1. The van der Waals surface area contributed by atoms with Crippen LogP contribution in [0.25, 0.3) is 0 Å². The summed E-state index contributed by atoms with van der Waals surface area (Å²) in [5, 5.41) is 15.9. The normalized spacial score (nSPS) is 16.1. The molecule has 0 aliphatic carbocycles. The number of aliphatic imine (C=N–C) groups is 1. The molecule has 0 amide bonds. The Labute approximate surface area is 156 Å². The summed E-state index contributed by atoms with van der Waals surface area (Å²) >= 11 is 1.83. The molecule has 1 heterocycles. The molecule has 1 fully saturated rings. The highest BCUT2D eigenvalue weighted by molar-refractivity contribution is 7.98. The molecule has 1 saturated heterocycles. The molecule has 1 aromatic carbocycles. The predicted molar refractivity (Wildman–Crippen MR) is 110 cm³/mol. The Balaban J connectivity index is 1.87. The highest BCUT2D eigenvalue weighted by atomic mass is 32.2. The highest BCUT2D eigenvalue weighted by Crippen LogP contribution is 2.23. The number of piperidine rings is 1. The zero-order chi connectivity index (χ0) is 17.9. The number of hydrogen-bond acceptors (Lipinski definition) is 4. The van der Waals surface area contributed by atoms with E-state index in [0.29, 0.717) is 19.1 Å². The van der Waals surface area contributed by atoms with E-state index in [9.17, 15) is 5.11 Å². The lowest BCUT2D eigenvalue weighted by Gasteiger charge is -2.32. The Morgan fingerprint density at radius 1 is 1.24 bits per heavy atom. The zero-order valence-corrected chi connectivity index (χ0v) is 16.3. The lowest BCUT2D eigenvalue weighted by atomic mass is 9.97. The molecule has 1 aliphatic rings. The van der Waals surface area contributed by atoms with E-state index in [1.807, 2.05) is 11.8 Å². The van der Waals surface area contributed by atoms with Gasteiger partial charge in [0, 0.05) is 44.2 Å². The van der Waals surface area contributed by atoms with Gasteiger partial charge in [-0.1, -0.05) is 12.1 Å². The minimum atomic E-state index is 0.323. The Kier molecular flexibility index (Phi) is 8.97. The van der Waals surface area contributed by atoms with E-state index in [0.717, 1.165) is 50.7 Å². The van der Waals surface area contributed by atoms with Crippen molar-refractivity contribution in [3.8, 4) is 0 Å². The number of nitrogens with zero attached hydrogens (tertiary/aromatic N) is 2. The third-order valence-electron chi connectivity index (χ3n) is 4.54. The van der Waals surface area contributed by atoms with Crippen molar-refractivity contribution in [2.24, 2.45) is 10.9 Å². The van der Waals surface area contributed by atoms with Crippen molar-refractivity contribution in [3.05, 3.63) is 29.8 Å². The van der Waals surface area contributed by atoms with E-state index in [1.54, 1.807) is 0 Å². The molecule has 0 saturated carbocycles. The first-order valence-electron chi connectivity index (χ1n) is 9.22. The van der Waals surface area contributed by atoms with E-state index < -0.39 is 0 Å². The standard InChI is InChI=1S/C19H32N4OS/c1-3-20-19(21-10-13-25-2)22-14-16-4-6-18(7-5-16)23-11-8-17(15-24)9-12-23/h4-7,17,24H,3,8-15H2,1-2H3,(H2,20,21,22). The number of guanidine groups is 1. The number of benzene rings is 1. The van der Waals surface area contributed by atoms with E-state index in [1.165, 1.54) is 11.3 Å². The van der Waals surface area contributed by atoms with Gasteiger partial charge in [-0.3, -0.25) is 0 Å². The maximum Gasteiger partial charge on any atom is 0.191 e. The van der Waals surface area contributed by atoms with Crippen molar-refractivity contribution in [1.82, 2.24) is 10.6 Å². The molecule has 0 aromatic heterocycles. The highest BCUT2D eigenvalue weighted by Gasteiger charge is 2.18. The van der Waals surface area contributed by atoms with Gasteiger partial charge in [-0.15, -0.1) is 0 Å². The summed E-state index contributed by atoms with van der Waals surface area (Å²) in [6.07, 6.45) is 4.27. The van der Waals surface area contributed by atoms with Crippen LogP contribution in [0.4, 0.5) is 5.69 Å². The molecule has 0 atom stereocenters. The van der Waals surface area contributed by atoms with Crippen molar-refractivity contribution in [1.29, 1.82) is 0 Å². The van der Waals surface area contributed by atoms with Gasteiger partial charge in [0.05, 0.1) is 6.54 Å². The largest absolute Gasteiger partial charge is 0.396 e. The third-order valence-corrected chi connectivity index (χ3v) is 5.15. The van der Waals surface area contributed by atoms with E-state index >= 15 is 0 Å². The van der Waals surface area contributed by atoms with Gasteiger partial charge in [0.25, 0.3) is 0 Å². The average Bonchev–Trinajstić information content (AvgIpc) is 2.67. The fraction of sp³-hybridized carbons (Fsp3) is 0.632. The molecule has 140 valence electrons. The zero-order valence-electron chi connectivity index (χ0n) is 15.5. The monoisotopic (exact) mass is 364 g/mol. The molecule has 5 nitrogen and oxygen atoms in total. The van der Waals surface area contributed by atoms with Crippen molar-refractivity contribution in [2.45, 2.75) is 26.3 Å². The quantitative estimate of drug-likeness (QED) is 0.375. The summed E-state index contributed by atoms with van der Waals surface area (Å²) in [7, 11) is 0. The minimum absolute atomic E-state index is 0.323. The lowest BCUT2D eigenvalue weighted by Crippen LogP contribution is -2.38. The van der Waals surface area contributed by atoms with Gasteiger partial charge in [-0.25, -0.2) is 4.99 Å². The molecule has 25 heavy (non-hydrogen) atoms. The average molecular weight is 365 g/mol. The number of rotatable bonds is 8. The number of anilines is 1. The minimum Gasteiger partial charge on any atom is -0.396 e. The Morgan fingerprint density at radius 2 is 1.96 bits per heavy atom. The molecular weight excluding hydrogens is 332 g/mol. The van der Waals surface area contributed by atoms with Crippen LogP contribution in [0.2, 0.25) is 0 Å². The topological polar surface area (TPSA) is 59.9 Å². The smallest absolute Gasteiger partial charge is 0.191 e. The fourth-order valence-corrected chi connectivity index (χ4v) is 3.28. The molecule has 1 aromatic rings. The first-order chi connectivity index (χ1) is 12.3. The van der Waals surface area contributed by atoms with Crippen LogP contribution in [0, 0.1) is 5.92 Å². The summed E-state index contributed by atoms with van der Waals surface area (Å²) in [5.41, 5.74) is 2.49. The fourth-order valence-electron chi connectivity index (χ4n) is 2.97. The SMILES string of the molecule is CCNC(=NCc1ccc(N2CCC(CO)CC2)cc1)NCCSC. The van der Waals surface area contributed by atoms with E-state index in [4.69, 9.17) is 0 Å².